The van der Waals surface area contributed by atoms with Crippen molar-refractivity contribution in [3.63, 3.8) is 0 Å². The maximum atomic E-state index is 11.4. The predicted octanol–water partition coefficient (Wildman–Crippen LogP) is 3.01. The minimum atomic E-state index is -4.25. The van der Waals surface area contributed by atoms with Crippen molar-refractivity contribution >= 4 is 13.6 Å². The number of unbranched alkanes of at least 4 members (excludes halogenated alkanes) is 2. The zero-order valence-corrected chi connectivity index (χ0v) is 12.7. The Morgan fingerprint density at radius 2 is 1.74 bits per heavy atom. The quantitative estimate of drug-likeness (QED) is 0.367. The molecule has 0 saturated heterocycles. The highest BCUT2D eigenvalue weighted by Crippen LogP contribution is 2.43. The second-order valence-corrected chi connectivity index (χ2v) is 6.48. The van der Waals surface area contributed by atoms with Crippen LogP contribution in [0.4, 0.5) is 0 Å². The molecule has 0 atom stereocenters. The summed E-state index contributed by atoms with van der Waals surface area (Å²) in [6.45, 7) is 7.30. The van der Waals surface area contributed by atoms with Crippen LogP contribution in [0, 0.1) is 0 Å². The average molecular weight is 292 g/mol. The molecule has 0 heterocycles. The molecule has 0 radical (unpaired) electrons. The Bertz CT molecular complexity index is 326. The summed E-state index contributed by atoms with van der Waals surface area (Å²) >= 11 is 0. The van der Waals surface area contributed by atoms with E-state index in [1.165, 1.54) is 0 Å². The van der Waals surface area contributed by atoms with Crippen molar-refractivity contribution in [3.8, 4) is 0 Å². The summed E-state index contributed by atoms with van der Waals surface area (Å²) in [6, 6.07) is 0. The SMILES string of the molecule is C=CC(=O)OC(CCCC)(CCCC)CP(=O)(O)O. The standard InChI is InChI=1S/C13H25O5P/c1-4-7-9-13(10-8-5-2,11-19(15,16)17)18-12(14)6-3/h6H,3-5,7-11H2,1-2H3,(H2,15,16,17). The number of carbonyl (C=O) groups is 1. The maximum Gasteiger partial charge on any atom is 0.330 e. The van der Waals surface area contributed by atoms with Crippen LogP contribution in [-0.2, 0) is 14.1 Å². The molecule has 5 nitrogen and oxygen atoms in total. The highest BCUT2D eigenvalue weighted by molar-refractivity contribution is 7.51. The van der Waals surface area contributed by atoms with Gasteiger partial charge in [-0.1, -0.05) is 33.3 Å². The molecule has 0 aliphatic rings. The van der Waals surface area contributed by atoms with Crippen LogP contribution in [0.2, 0.25) is 0 Å². The van der Waals surface area contributed by atoms with Crippen LogP contribution in [0.1, 0.15) is 52.4 Å². The van der Waals surface area contributed by atoms with Gasteiger partial charge in [0.1, 0.15) is 5.60 Å². The lowest BCUT2D eigenvalue weighted by atomic mass is 9.92. The average Bonchev–Trinajstić information content (AvgIpc) is 2.31. The van der Waals surface area contributed by atoms with Crippen molar-refractivity contribution in [2.24, 2.45) is 0 Å². The molecule has 112 valence electrons. The van der Waals surface area contributed by atoms with Crippen LogP contribution in [0.5, 0.6) is 0 Å². The topological polar surface area (TPSA) is 83.8 Å². The number of rotatable bonds is 10. The van der Waals surface area contributed by atoms with E-state index in [0.29, 0.717) is 12.8 Å². The Kier molecular flexibility index (Phi) is 8.23. The third-order valence-electron chi connectivity index (χ3n) is 2.95. The molecule has 0 aromatic rings. The molecule has 2 N–H and O–H groups in total. The second-order valence-electron chi connectivity index (χ2n) is 4.84. The molecule has 0 aliphatic heterocycles. The Morgan fingerprint density at radius 1 is 1.26 bits per heavy atom. The van der Waals surface area contributed by atoms with Crippen molar-refractivity contribution in [2.45, 2.75) is 58.0 Å². The van der Waals surface area contributed by atoms with Crippen molar-refractivity contribution in [2.75, 3.05) is 6.16 Å². The van der Waals surface area contributed by atoms with Gasteiger partial charge in [-0.2, -0.15) is 0 Å². The zero-order valence-electron chi connectivity index (χ0n) is 11.8. The highest BCUT2D eigenvalue weighted by Gasteiger charge is 2.39. The Balaban J connectivity index is 5.10. The van der Waals surface area contributed by atoms with E-state index in [4.69, 9.17) is 4.74 Å². The van der Waals surface area contributed by atoms with Gasteiger partial charge in [-0.15, -0.1) is 0 Å². The molecule has 0 aliphatic carbocycles. The van der Waals surface area contributed by atoms with E-state index < -0.39 is 25.3 Å². The minimum Gasteiger partial charge on any atom is -0.455 e. The summed E-state index contributed by atoms with van der Waals surface area (Å²) in [5, 5.41) is 0. The Labute approximate surface area is 115 Å². The lowest BCUT2D eigenvalue weighted by Crippen LogP contribution is -2.38. The monoisotopic (exact) mass is 292 g/mol. The summed E-state index contributed by atoms with van der Waals surface area (Å²) in [4.78, 5) is 29.9. The van der Waals surface area contributed by atoms with Gasteiger partial charge in [-0.3, -0.25) is 4.57 Å². The molecule has 0 fully saturated rings. The molecule has 0 bridgehead atoms. The molecule has 6 heteroatoms. The van der Waals surface area contributed by atoms with Crippen molar-refractivity contribution in [3.05, 3.63) is 12.7 Å². The smallest absolute Gasteiger partial charge is 0.330 e. The van der Waals surface area contributed by atoms with Gasteiger partial charge in [0.2, 0.25) is 0 Å². The third kappa shape index (κ3) is 8.19. The fourth-order valence-corrected chi connectivity index (χ4v) is 3.18. The first-order valence-electron chi connectivity index (χ1n) is 6.68. The number of carbonyl (C=O) groups excluding carboxylic acids is 1. The van der Waals surface area contributed by atoms with Crippen molar-refractivity contribution < 1.29 is 23.9 Å². The largest absolute Gasteiger partial charge is 0.455 e. The molecule has 0 saturated carbocycles. The first kappa shape index (κ1) is 18.4. The van der Waals surface area contributed by atoms with Crippen LogP contribution in [0.25, 0.3) is 0 Å². The summed E-state index contributed by atoms with van der Waals surface area (Å²) in [5.41, 5.74) is -1.07. The van der Waals surface area contributed by atoms with Gasteiger partial charge in [0.15, 0.2) is 0 Å². The normalized spacial score (nSPS) is 12.2. The number of hydrogen-bond acceptors (Lipinski definition) is 3. The van der Waals surface area contributed by atoms with E-state index in [9.17, 15) is 19.1 Å². The lowest BCUT2D eigenvalue weighted by molar-refractivity contribution is -0.153. The molecule has 0 aromatic carbocycles. The van der Waals surface area contributed by atoms with E-state index >= 15 is 0 Å². The number of ether oxygens (including phenoxy) is 1. The molecule has 19 heavy (non-hydrogen) atoms. The first-order valence-corrected chi connectivity index (χ1v) is 8.48. The van der Waals surface area contributed by atoms with Crippen molar-refractivity contribution in [1.82, 2.24) is 0 Å². The van der Waals surface area contributed by atoms with E-state index in [1.807, 2.05) is 13.8 Å². The van der Waals surface area contributed by atoms with Crippen LogP contribution in [0.3, 0.4) is 0 Å². The van der Waals surface area contributed by atoms with Gasteiger partial charge in [0.25, 0.3) is 0 Å². The molecular formula is C13H25O5P. The fraction of sp³-hybridized carbons (Fsp3) is 0.769. The van der Waals surface area contributed by atoms with E-state index in [0.717, 1.165) is 31.8 Å². The van der Waals surface area contributed by atoms with Gasteiger partial charge >= 0.3 is 13.6 Å². The lowest BCUT2D eigenvalue weighted by Gasteiger charge is -2.33. The van der Waals surface area contributed by atoms with Crippen LogP contribution in [0.15, 0.2) is 12.7 Å². The van der Waals surface area contributed by atoms with Crippen LogP contribution >= 0.6 is 7.60 Å². The van der Waals surface area contributed by atoms with E-state index in [-0.39, 0.29) is 0 Å². The summed E-state index contributed by atoms with van der Waals surface area (Å²) < 4.78 is 16.6. The van der Waals surface area contributed by atoms with Crippen LogP contribution in [-0.4, -0.2) is 27.5 Å². The number of esters is 1. The molecule has 0 unspecified atom stereocenters. The minimum absolute atomic E-state index is 0.417. The third-order valence-corrected chi connectivity index (χ3v) is 3.94. The molecule has 0 rings (SSSR count). The van der Waals surface area contributed by atoms with Crippen molar-refractivity contribution in [1.29, 1.82) is 0 Å². The van der Waals surface area contributed by atoms with E-state index in [1.54, 1.807) is 0 Å². The van der Waals surface area contributed by atoms with Crippen LogP contribution < -0.4 is 0 Å². The summed E-state index contributed by atoms with van der Waals surface area (Å²) in [6.07, 6.45) is 4.82. The zero-order chi connectivity index (χ0) is 14.9. The summed E-state index contributed by atoms with van der Waals surface area (Å²) in [7, 11) is -4.25. The Morgan fingerprint density at radius 3 is 2.05 bits per heavy atom. The van der Waals surface area contributed by atoms with E-state index in [2.05, 4.69) is 6.58 Å². The van der Waals surface area contributed by atoms with Gasteiger partial charge in [0.05, 0.1) is 6.16 Å². The van der Waals surface area contributed by atoms with Gasteiger partial charge in [-0.05, 0) is 25.7 Å². The molecule has 0 aromatic heterocycles. The second kappa shape index (κ2) is 8.51. The first-order chi connectivity index (χ1) is 8.78. The maximum absolute atomic E-state index is 11.4. The van der Waals surface area contributed by atoms with Gasteiger partial charge in [0, 0.05) is 6.08 Å². The Hall–Kier alpha value is -0.640. The fourth-order valence-electron chi connectivity index (χ4n) is 2.05. The number of hydrogen-bond donors (Lipinski definition) is 2. The van der Waals surface area contributed by atoms with Gasteiger partial charge in [-0.25, -0.2) is 4.79 Å². The predicted molar refractivity (Wildman–Crippen MR) is 75.0 cm³/mol. The molecule has 0 amide bonds. The molecular weight excluding hydrogens is 267 g/mol. The summed E-state index contributed by atoms with van der Waals surface area (Å²) in [5.74, 6) is -0.624. The highest BCUT2D eigenvalue weighted by atomic mass is 31.2. The molecule has 0 spiro atoms. The van der Waals surface area contributed by atoms with Gasteiger partial charge < -0.3 is 14.5 Å².